The maximum Gasteiger partial charge on any atom is 0.145 e. The zero-order valence-corrected chi connectivity index (χ0v) is 8.37. The molecule has 0 amide bonds. The van der Waals surface area contributed by atoms with Crippen molar-refractivity contribution in [1.29, 1.82) is 0 Å². The maximum atomic E-state index is 11.7. The Morgan fingerprint density at radius 3 is 2.86 bits per heavy atom. The van der Waals surface area contributed by atoms with Crippen molar-refractivity contribution >= 4 is 12.1 Å². The summed E-state index contributed by atoms with van der Waals surface area (Å²) < 4.78 is 0. The molecule has 2 aliphatic rings. The quantitative estimate of drug-likeness (QED) is 0.629. The van der Waals surface area contributed by atoms with Gasteiger partial charge in [0.15, 0.2) is 0 Å². The zero-order chi connectivity index (χ0) is 9.97. The second-order valence-electron chi connectivity index (χ2n) is 4.42. The topological polar surface area (TPSA) is 34.1 Å². The van der Waals surface area contributed by atoms with Crippen LogP contribution in [-0.2, 0) is 9.59 Å². The van der Waals surface area contributed by atoms with Crippen molar-refractivity contribution < 1.29 is 9.59 Å². The zero-order valence-electron chi connectivity index (χ0n) is 8.37. The van der Waals surface area contributed by atoms with Gasteiger partial charge in [-0.2, -0.15) is 0 Å². The van der Waals surface area contributed by atoms with E-state index in [1.165, 1.54) is 6.42 Å². The Morgan fingerprint density at radius 1 is 1.36 bits per heavy atom. The largest absolute Gasteiger partial charge is 0.299 e. The molecule has 2 aliphatic carbocycles. The summed E-state index contributed by atoms with van der Waals surface area (Å²) >= 11 is 0. The molecule has 2 unspecified atom stereocenters. The van der Waals surface area contributed by atoms with Crippen molar-refractivity contribution in [3.05, 3.63) is 11.6 Å². The molecular weight excluding hydrogens is 176 g/mol. The molecule has 2 nitrogen and oxygen atoms in total. The average molecular weight is 192 g/mol. The SMILES string of the molecule is O=CC1=CCC(C2CCCCC2=O)C1. The average Bonchev–Trinajstić information content (AvgIpc) is 2.67. The first-order valence-corrected chi connectivity index (χ1v) is 5.48. The predicted octanol–water partition coefficient (Wildman–Crippen LogP) is 2.28. The second-order valence-corrected chi connectivity index (χ2v) is 4.42. The Morgan fingerprint density at radius 2 is 2.21 bits per heavy atom. The predicted molar refractivity (Wildman–Crippen MR) is 53.8 cm³/mol. The fourth-order valence-electron chi connectivity index (χ4n) is 2.68. The van der Waals surface area contributed by atoms with Gasteiger partial charge in [0, 0.05) is 12.3 Å². The van der Waals surface area contributed by atoms with Crippen LogP contribution in [-0.4, -0.2) is 12.1 Å². The van der Waals surface area contributed by atoms with Crippen LogP contribution in [0.25, 0.3) is 0 Å². The normalized spacial score (nSPS) is 32.9. The van der Waals surface area contributed by atoms with Gasteiger partial charge in [-0.1, -0.05) is 12.5 Å². The molecule has 0 aromatic rings. The molecule has 14 heavy (non-hydrogen) atoms. The number of Topliss-reactive ketones (excluding diaryl/α,β-unsaturated/α-hetero) is 1. The number of hydrogen-bond acceptors (Lipinski definition) is 2. The molecule has 76 valence electrons. The number of rotatable bonds is 2. The van der Waals surface area contributed by atoms with E-state index in [2.05, 4.69) is 0 Å². The first kappa shape index (κ1) is 9.63. The Kier molecular flexibility index (Phi) is 2.80. The van der Waals surface area contributed by atoms with E-state index >= 15 is 0 Å². The molecule has 0 N–H and O–H groups in total. The highest BCUT2D eigenvalue weighted by atomic mass is 16.1. The van der Waals surface area contributed by atoms with Gasteiger partial charge in [-0.3, -0.25) is 9.59 Å². The van der Waals surface area contributed by atoms with Crippen LogP contribution in [0.5, 0.6) is 0 Å². The van der Waals surface area contributed by atoms with Crippen molar-refractivity contribution in [1.82, 2.24) is 0 Å². The van der Waals surface area contributed by atoms with Crippen LogP contribution in [0, 0.1) is 11.8 Å². The van der Waals surface area contributed by atoms with Gasteiger partial charge >= 0.3 is 0 Å². The van der Waals surface area contributed by atoms with Crippen molar-refractivity contribution in [2.75, 3.05) is 0 Å². The van der Waals surface area contributed by atoms with E-state index in [1.807, 2.05) is 6.08 Å². The molecule has 2 heteroatoms. The molecule has 0 saturated heterocycles. The van der Waals surface area contributed by atoms with Crippen LogP contribution in [0.4, 0.5) is 0 Å². The Labute approximate surface area is 84.4 Å². The van der Waals surface area contributed by atoms with Gasteiger partial charge in [0.1, 0.15) is 12.1 Å². The smallest absolute Gasteiger partial charge is 0.145 e. The first-order chi connectivity index (χ1) is 6.81. The molecule has 0 aliphatic heterocycles. The molecule has 0 spiro atoms. The van der Waals surface area contributed by atoms with E-state index in [4.69, 9.17) is 0 Å². The summed E-state index contributed by atoms with van der Waals surface area (Å²) in [6.07, 6.45) is 8.76. The fourth-order valence-corrected chi connectivity index (χ4v) is 2.68. The number of carbonyl (C=O) groups is 2. The van der Waals surface area contributed by atoms with Gasteiger partial charge in [-0.15, -0.1) is 0 Å². The first-order valence-electron chi connectivity index (χ1n) is 5.48. The van der Waals surface area contributed by atoms with Crippen molar-refractivity contribution in [3.8, 4) is 0 Å². The van der Waals surface area contributed by atoms with Gasteiger partial charge in [0.2, 0.25) is 0 Å². The lowest BCUT2D eigenvalue weighted by Crippen LogP contribution is -2.25. The van der Waals surface area contributed by atoms with Crippen LogP contribution in [0.3, 0.4) is 0 Å². The number of ketones is 1. The molecule has 0 heterocycles. The summed E-state index contributed by atoms with van der Waals surface area (Å²) in [7, 11) is 0. The lowest BCUT2D eigenvalue weighted by Gasteiger charge is -2.25. The highest BCUT2D eigenvalue weighted by Gasteiger charge is 2.32. The van der Waals surface area contributed by atoms with E-state index in [1.54, 1.807) is 0 Å². The monoisotopic (exact) mass is 192 g/mol. The van der Waals surface area contributed by atoms with Crippen LogP contribution in [0.15, 0.2) is 11.6 Å². The maximum absolute atomic E-state index is 11.7. The van der Waals surface area contributed by atoms with E-state index in [-0.39, 0.29) is 5.92 Å². The molecule has 0 radical (unpaired) electrons. The van der Waals surface area contributed by atoms with Gasteiger partial charge in [0.25, 0.3) is 0 Å². The summed E-state index contributed by atoms with van der Waals surface area (Å²) in [5, 5.41) is 0. The Balaban J connectivity index is 1.96. The molecule has 0 bridgehead atoms. The van der Waals surface area contributed by atoms with Gasteiger partial charge in [-0.25, -0.2) is 0 Å². The third-order valence-corrected chi connectivity index (χ3v) is 3.50. The summed E-state index contributed by atoms with van der Waals surface area (Å²) in [6, 6.07) is 0. The van der Waals surface area contributed by atoms with Gasteiger partial charge < -0.3 is 0 Å². The van der Waals surface area contributed by atoms with E-state index in [9.17, 15) is 9.59 Å². The fraction of sp³-hybridized carbons (Fsp3) is 0.667. The van der Waals surface area contributed by atoms with Crippen molar-refractivity contribution in [2.24, 2.45) is 11.8 Å². The van der Waals surface area contributed by atoms with Crippen LogP contribution in [0.1, 0.15) is 38.5 Å². The summed E-state index contributed by atoms with van der Waals surface area (Å²) in [5.41, 5.74) is 0.897. The van der Waals surface area contributed by atoms with E-state index in [0.29, 0.717) is 11.7 Å². The van der Waals surface area contributed by atoms with Crippen molar-refractivity contribution in [3.63, 3.8) is 0 Å². The Bertz CT molecular complexity index is 278. The summed E-state index contributed by atoms with van der Waals surface area (Å²) in [4.78, 5) is 22.2. The highest BCUT2D eigenvalue weighted by Crippen LogP contribution is 2.36. The van der Waals surface area contributed by atoms with E-state index in [0.717, 1.165) is 44.0 Å². The number of hydrogen-bond donors (Lipinski definition) is 0. The standard InChI is InChI=1S/C12H16O2/c13-8-9-5-6-10(7-9)11-3-1-2-4-12(11)14/h5,8,10-11H,1-4,6-7H2. The molecule has 1 saturated carbocycles. The summed E-state index contributed by atoms with van der Waals surface area (Å²) in [6.45, 7) is 0. The van der Waals surface area contributed by atoms with Crippen LogP contribution >= 0.6 is 0 Å². The molecule has 2 atom stereocenters. The lowest BCUT2D eigenvalue weighted by atomic mass is 9.77. The molecule has 0 aromatic heterocycles. The molecule has 2 rings (SSSR count). The Hall–Kier alpha value is -0.920. The summed E-state index contributed by atoms with van der Waals surface area (Å²) in [5.74, 6) is 1.11. The van der Waals surface area contributed by atoms with E-state index < -0.39 is 0 Å². The number of allylic oxidation sites excluding steroid dienone is 2. The van der Waals surface area contributed by atoms with Crippen molar-refractivity contribution in [2.45, 2.75) is 38.5 Å². The minimum atomic E-state index is 0.248. The number of carbonyl (C=O) groups excluding carboxylic acids is 2. The number of aldehydes is 1. The third-order valence-electron chi connectivity index (χ3n) is 3.50. The molecule has 0 aromatic carbocycles. The molecular formula is C12H16O2. The van der Waals surface area contributed by atoms with Crippen LogP contribution in [0.2, 0.25) is 0 Å². The molecule has 1 fully saturated rings. The van der Waals surface area contributed by atoms with Gasteiger partial charge in [0.05, 0.1) is 0 Å². The minimum absolute atomic E-state index is 0.248. The second kappa shape index (κ2) is 4.07. The van der Waals surface area contributed by atoms with Gasteiger partial charge in [-0.05, 0) is 37.2 Å². The lowest BCUT2D eigenvalue weighted by molar-refractivity contribution is -0.126. The van der Waals surface area contributed by atoms with Crippen LogP contribution < -0.4 is 0 Å². The third kappa shape index (κ3) is 1.79. The highest BCUT2D eigenvalue weighted by molar-refractivity contribution is 5.82. The minimum Gasteiger partial charge on any atom is -0.299 e.